The Morgan fingerprint density at radius 3 is 2.52 bits per heavy atom. The lowest BCUT2D eigenvalue weighted by atomic mass is 9.88. The maximum absolute atomic E-state index is 13.5. The van der Waals surface area contributed by atoms with E-state index in [2.05, 4.69) is 0 Å². The number of nitrogens with zero attached hydrogens (tertiary/aromatic N) is 2. The van der Waals surface area contributed by atoms with Crippen molar-refractivity contribution in [3.05, 3.63) is 46.7 Å². The molecule has 4 rings (SSSR count). The number of ether oxygens (including phenoxy) is 1. The van der Waals surface area contributed by atoms with E-state index in [1.54, 1.807) is 40.5 Å². The fraction of sp³-hybridized carbons (Fsp3) is 0.458. The van der Waals surface area contributed by atoms with Crippen LogP contribution in [0.1, 0.15) is 50.3 Å². The molecule has 1 saturated heterocycles. The predicted molar refractivity (Wildman–Crippen MR) is 120 cm³/mol. The van der Waals surface area contributed by atoms with Crippen LogP contribution in [0.15, 0.2) is 41.8 Å². The summed E-state index contributed by atoms with van der Waals surface area (Å²) in [6, 6.07) is 10.1. The van der Waals surface area contributed by atoms with E-state index in [1.165, 1.54) is 4.90 Å². The Bertz CT molecular complexity index is 920. The Hall–Kier alpha value is -2.67. The summed E-state index contributed by atoms with van der Waals surface area (Å²) in [6.45, 7) is 2.81. The van der Waals surface area contributed by atoms with E-state index < -0.39 is 6.04 Å². The highest BCUT2D eigenvalue weighted by Crippen LogP contribution is 2.32. The van der Waals surface area contributed by atoms with Gasteiger partial charge in [-0.15, -0.1) is 11.3 Å². The first kappa shape index (κ1) is 21.6. The van der Waals surface area contributed by atoms with Gasteiger partial charge in [-0.1, -0.05) is 25.3 Å². The summed E-state index contributed by atoms with van der Waals surface area (Å²) in [5.41, 5.74) is 0.516. The van der Waals surface area contributed by atoms with Crippen molar-refractivity contribution in [1.82, 2.24) is 4.90 Å². The highest BCUT2D eigenvalue weighted by Gasteiger charge is 2.45. The van der Waals surface area contributed by atoms with Crippen LogP contribution < -0.4 is 9.64 Å². The highest BCUT2D eigenvalue weighted by molar-refractivity contribution is 7.09. The first-order chi connectivity index (χ1) is 15.1. The van der Waals surface area contributed by atoms with Crippen molar-refractivity contribution >= 4 is 34.7 Å². The van der Waals surface area contributed by atoms with Gasteiger partial charge in [-0.3, -0.25) is 14.4 Å². The molecule has 31 heavy (non-hydrogen) atoms. The Labute approximate surface area is 186 Å². The molecule has 1 saturated carbocycles. The maximum Gasteiger partial charge on any atom is 0.257 e. The predicted octanol–water partition coefficient (Wildman–Crippen LogP) is 4.39. The summed E-state index contributed by atoms with van der Waals surface area (Å²) in [4.78, 5) is 43.6. The lowest BCUT2D eigenvalue weighted by molar-refractivity contribution is -0.143. The van der Waals surface area contributed by atoms with Crippen molar-refractivity contribution in [1.29, 1.82) is 0 Å². The minimum absolute atomic E-state index is 0.00722. The number of hydrogen-bond acceptors (Lipinski definition) is 5. The Kier molecular flexibility index (Phi) is 6.70. The van der Waals surface area contributed by atoms with Crippen LogP contribution in [0.3, 0.4) is 0 Å². The van der Waals surface area contributed by atoms with Gasteiger partial charge in [0.25, 0.3) is 5.91 Å². The third-order valence-electron chi connectivity index (χ3n) is 6.05. The molecule has 0 N–H and O–H groups in total. The van der Waals surface area contributed by atoms with Crippen molar-refractivity contribution in [2.75, 3.05) is 11.5 Å². The molecule has 2 aromatic rings. The Morgan fingerprint density at radius 2 is 1.87 bits per heavy atom. The molecule has 2 fully saturated rings. The van der Waals surface area contributed by atoms with E-state index in [-0.39, 0.29) is 30.1 Å². The molecule has 1 aliphatic heterocycles. The van der Waals surface area contributed by atoms with Gasteiger partial charge in [-0.05, 0) is 55.5 Å². The molecular weight excluding hydrogens is 412 g/mol. The quantitative estimate of drug-likeness (QED) is 0.599. The molecule has 7 heteroatoms. The number of thiophene rings is 1. The number of carbonyl (C=O) groups excluding carboxylic acids is 3. The molecule has 1 aromatic carbocycles. The van der Waals surface area contributed by atoms with E-state index >= 15 is 0 Å². The molecule has 0 spiro atoms. The van der Waals surface area contributed by atoms with Crippen molar-refractivity contribution in [2.24, 2.45) is 5.92 Å². The van der Waals surface area contributed by atoms with E-state index in [9.17, 15) is 14.4 Å². The average molecular weight is 441 g/mol. The summed E-state index contributed by atoms with van der Waals surface area (Å²) in [7, 11) is 0. The monoisotopic (exact) mass is 440 g/mol. The zero-order valence-corrected chi connectivity index (χ0v) is 18.6. The smallest absolute Gasteiger partial charge is 0.257 e. The van der Waals surface area contributed by atoms with E-state index in [0.29, 0.717) is 24.6 Å². The lowest BCUT2D eigenvalue weighted by Crippen LogP contribution is -2.47. The topological polar surface area (TPSA) is 66.9 Å². The first-order valence-electron chi connectivity index (χ1n) is 11.0. The molecule has 1 aromatic heterocycles. The van der Waals surface area contributed by atoms with Crippen LogP contribution in [0, 0.1) is 5.92 Å². The maximum atomic E-state index is 13.5. The van der Waals surface area contributed by atoms with Crippen LogP contribution in [0.2, 0.25) is 0 Å². The number of amides is 3. The highest BCUT2D eigenvalue weighted by atomic mass is 32.1. The molecule has 0 bridgehead atoms. The van der Waals surface area contributed by atoms with Crippen molar-refractivity contribution < 1.29 is 19.1 Å². The number of benzene rings is 1. The Balaban J connectivity index is 1.58. The summed E-state index contributed by atoms with van der Waals surface area (Å²) in [5, 5.41) is 1.96. The van der Waals surface area contributed by atoms with Gasteiger partial charge in [0.05, 0.1) is 25.3 Å². The van der Waals surface area contributed by atoms with Crippen LogP contribution in [0.25, 0.3) is 0 Å². The summed E-state index contributed by atoms with van der Waals surface area (Å²) in [6.07, 6.45) is 4.98. The molecule has 1 atom stereocenters. The minimum atomic E-state index is -0.754. The molecule has 164 valence electrons. The zero-order valence-electron chi connectivity index (χ0n) is 17.8. The van der Waals surface area contributed by atoms with Gasteiger partial charge in [-0.2, -0.15) is 0 Å². The molecule has 2 aliphatic rings. The second-order valence-corrected chi connectivity index (χ2v) is 9.13. The second-order valence-electron chi connectivity index (χ2n) is 8.09. The fourth-order valence-corrected chi connectivity index (χ4v) is 5.19. The fourth-order valence-electron chi connectivity index (χ4n) is 4.48. The number of carbonyl (C=O) groups is 3. The van der Waals surface area contributed by atoms with Gasteiger partial charge in [-0.25, -0.2) is 4.90 Å². The molecule has 3 amide bonds. The summed E-state index contributed by atoms with van der Waals surface area (Å²) in [5.74, 6) is 0.0410. The largest absolute Gasteiger partial charge is 0.494 e. The third kappa shape index (κ3) is 4.66. The van der Waals surface area contributed by atoms with Crippen LogP contribution in [-0.2, 0) is 20.9 Å². The first-order valence-corrected chi connectivity index (χ1v) is 11.9. The van der Waals surface area contributed by atoms with Crippen molar-refractivity contribution in [2.45, 2.75) is 58.0 Å². The molecule has 0 radical (unpaired) electrons. The lowest BCUT2D eigenvalue weighted by Gasteiger charge is -2.32. The molecule has 6 nitrogen and oxygen atoms in total. The van der Waals surface area contributed by atoms with Gasteiger partial charge in [0.1, 0.15) is 11.8 Å². The number of hydrogen-bond donors (Lipinski definition) is 0. The van der Waals surface area contributed by atoms with Crippen molar-refractivity contribution in [3.63, 3.8) is 0 Å². The summed E-state index contributed by atoms with van der Waals surface area (Å²) >= 11 is 1.56. The van der Waals surface area contributed by atoms with E-state index in [1.807, 2.05) is 24.4 Å². The summed E-state index contributed by atoms with van der Waals surface area (Å²) < 4.78 is 5.45. The third-order valence-corrected chi connectivity index (χ3v) is 6.91. The van der Waals surface area contributed by atoms with Gasteiger partial charge in [0.2, 0.25) is 11.8 Å². The normalized spacial score (nSPS) is 19.6. The minimum Gasteiger partial charge on any atom is -0.494 e. The number of anilines is 1. The molecule has 1 aliphatic carbocycles. The number of rotatable bonds is 7. The molecule has 2 heterocycles. The van der Waals surface area contributed by atoms with Crippen LogP contribution >= 0.6 is 11.3 Å². The molecular formula is C24H28N2O4S. The molecule has 1 unspecified atom stereocenters. The van der Waals surface area contributed by atoms with E-state index in [4.69, 9.17) is 4.74 Å². The van der Waals surface area contributed by atoms with Crippen LogP contribution in [0.5, 0.6) is 5.75 Å². The second kappa shape index (κ2) is 9.64. The van der Waals surface area contributed by atoms with Crippen molar-refractivity contribution in [3.8, 4) is 5.75 Å². The van der Waals surface area contributed by atoms with Gasteiger partial charge in [0.15, 0.2) is 0 Å². The van der Waals surface area contributed by atoms with E-state index in [0.717, 1.165) is 37.0 Å². The van der Waals surface area contributed by atoms with Crippen LogP contribution in [0.4, 0.5) is 5.69 Å². The number of imide groups is 1. The van der Waals surface area contributed by atoms with Gasteiger partial charge in [0, 0.05) is 10.8 Å². The standard InChI is InChI=1S/C24H28N2O4S/c1-2-30-19-12-10-18(11-13-19)26-22(27)15-21(24(26)29)25(16-20-9-6-14-31-20)23(28)17-7-4-3-5-8-17/h6,9-14,17,21H,2-5,7-8,15-16H2,1H3. The zero-order chi connectivity index (χ0) is 21.8. The Morgan fingerprint density at radius 1 is 1.13 bits per heavy atom. The average Bonchev–Trinajstić information content (AvgIpc) is 3.41. The van der Waals surface area contributed by atoms with Gasteiger partial charge < -0.3 is 9.64 Å². The van der Waals surface area contributed by atoms with Gasteiger partial charge >= 0.3 is 0 Å². The SMILES string of the molecule is CCOc1ccc(N2C(=O)CC(N(Cc3cccs3)C(=O)C3CCCCC3)C2=O)cc1. The van der Waals surface area contributed by atoms with Crippen LogP contribution in [-0.4, -0.2) is 35.3 Å².